The SMILES string of the molecule is Cc1ccc(NC(=O)COC(=O)c2oc3ccc(Cl)cc3c2C)c(C)c1. The summed E-state index contributed by atoms with van der Waals surface area (Å²) in [6, 6.07) is 10.8. The minimum absolute atomic E-state index is 0.0709. The van der Waals surface area contributed by atoms with Gasteiger partial charge in [0, 0.05) is 21.7 Å². The molecule has 0 aliphatic carbocycles. The van der Waals surface area contributed by atoms with Crippen molar-refractivity contribution in [3.8, 4) is 0 Å². The monoisotopic (exact) mass is 371 g/mol. The number of anilines is 1. The highest BCUT2D eigenvalue weighted by Crippen LogP contribution is 2.28. The number of benzene rings is 2. The van der Waals surface area contributed by atoms with Crippen molar-refractivity contribution in [2.24, 2.45) is 0 Å². The Hall–Kier alpha value is -2.79. The molecule has 134 valence electrons. The summed E-state index contributed by atoms with van der Waals surface area (Å²) in [5.74, 6) is -1.03. The Morgan fingerprint density at radius 2 is 1.88 bits per heavy atom. The fourth-order valence-electron chi connectivity index (χ4n) is 2.72. The van der Waals surface area contributed by atoms with Crippen molar-refractivity contribution in [1.29, 1.82) is 0 Å². The number of ether oxygens (including phenoxy) is 1. The molecule has 3 aromatic rings. The lowest BCUT2D eigenvalue weighted by Gasteiger charge is -2.09. The van der Waals surface area contributed by atoms with Crippen LogP contribution in [0.1, 0.15) is 27.2 Å². The highest BCUT2D eigenvalue weighted by atomic mass is 35.5. The maximum atomic E-state index is 12.3. The van der Waals surface area contributed by atoms with Gasteiger partial charge in [0.1, 0.15) is 5.58 Å². The van der Waals surface area contributed by atoms with Gasteiger partial charge < -0.3 is 14.5 Å². The van der Waals surface area contributed by atoms with E-state index in [1.807, 2.05) is 32.0 Å². The molecular formula is C20H18ClNO4. The number of carbonyl (C=O) groups excluding carboxylic acids is 2. The molecule has 1 aromatic heterocycles. The van der Waals surface area contributed by atoms with E-state index in [-0.39, 0.29) is 5.76 Å². The molecule has 0 aliphatic heterocycles. The summed E-state index contributed by atoms with van der Waals surface area (Å²) in [6.45, 7) is 5.22. The van der Waals surface area contributed by atoms with Gasteiger partial charge in [0.25, 0.3) is 5.91 Å². The van der Waals surface area contributed by atoms with Crippen LogP contribution >= 0.6 is 11.6 Å². The van der Waals surface area contributed by atoms with E-state index in [0.717, 1.165) is 16.5 Å². The van der Waals surface area contributed by atoms with Crippen LogP contribution in [0.25, 0.3) is 11.0 Å². The largest absolute Gasteiger partial charge is 0.450 e. The molecule has 3 rings (SSSR count). The van der Waals surface area contributed by atoms with Crippen LogP contribution < -0.4 is 5.32 Å². The highest BCUT2D eigenvalue weighted by Gasteiger charge is 2.20. The van der Waals surface area contributed by atoms with Crippen LogP contribution in [-0.4, -0.2) is 18.5 Å². The van der Waals surface area contributed by atoms with Gasteiger partial charge in [0.05, 0.1) is 0 Å². The number of furan rings is 1. The molecule has 1 amide bonds. The lowest BCUT2D eigenvalue weighted by atomic mass is 10.1. The van der Waals surface area contributed by atoms with Gasteiger partial charge in [-0.2, -0.15) is 0 Å². The smallest absolute Gasteiger partial charge is 0.375 e. The third-order valence-corrected chi connectivity index (χ3v) is 4.31. The predicted octanol–water partition coefficient (Wildman–Crippen LogP) is 4.81. The maximum absolute atomic E-state index is 12.3. The van der Waals surface area contributed by atoms with Crippen molar-refractivity contribution >= 4 is 40.1 Å². The average molecular weight is 372 g/mol. The molecule has 1 N–H and O–H groups in total. The van der Waals surface area contributed by atoms with E-state index in [1.165, 1.54) is 0 Å². The van der Waals surface area contributed by atoms with Gasteiger partial charge in [-0.05, 0) is 50.6 Å². The Morgan fingerprint density at radius 3 is 2.62 bits per heavy atom. The van der Waals surface area contributed by atoms with E-state index in [4.69, 9.17) is 20.8 Å². The summed E-state index contributed by atoms with van der Waals surface area (Å²) in [6.07, 6.45) is 0. The maximum Gasteiger partial charge on any atom is 0.375 e. The summed E-state index contributed by atoms with van der Waals surface area (Å²) in [5.41, 5.74) is 3.90. The molecule has 0 bridgehead atoms. The zero-order valence-corrected chi connectivity index (χ0v) is 15.4. The first-order valence-electron chi connectivity index (χ1n) is 8.08. The van der Waals surface area contributed by atoms with Gasteiger partial charge in [-0.15, -0.1) is 0 Å². The van der Waals surface area contributed by atoms with Crippen LogP contribution in [-0.2, 0) is 9.53 Å². The lowest BCUT2D eigenvalue weighted by molar-refractivity contribution is -0.119. The highest BCUT2D eigenvalue weighted by molar-refractivity contribution is 6.31. The van der Waals surface area contributed by atoms with Crippen LogP contribution in [0.15, 0.2) is 40.8 Å². The molecular weight excluding hydrogens is 354 g/mol. The second-order valence-corrected chi connectivity index (χ2v) is 6.58. The molecule has 6 heteroatoms. The first-order valence-corrected chi connectivity index (χ1v) is 8.46. The van der Waals surface area contributed by atoms with Gasteiger partial charge in [-0.3, -0.25) is 4.79 Å². The number of rotatable bonds is 4. The summed E-state index contributed by atoms with van der Waals surface area (Å²) < 4.78 is 10.6. The number of carbonyl (C=O) groups is 2. The fraction of sp³-hybridized carbons (Fsp3) is 0.200. The molecule has 0 aliphatic rings. The van der Waals surface area contributed by atoms with Gasteiger partial charge in [0.2, 0.25) is 5.76 Å². The summed E-state index contributed by atoms with van der Waals surface area (Å²) in [5, 5.41) is 4.02. The van der Waals surface area contributed by atoms with E-state index >= 15 is 0 Å². The van der Waals surface area contributed by atoms with E-state index in [9.17, 15) is 9.59 Å². The predicted molar refractivity (Wildman–Crippen MR) is 101 cm³/mol. The molecule has 1 heterocycles. The molecule has 0 atom stereocenters. The first kappa shape index (κ1) is 18.0. The third kappa shape index (κ3) is 3.73. The number of nitrogens with one attached hydrogen (secondary N) is 1. The third-order valence-electron chi connectivity index (χ3n) is 4.07. The molecule has 26 heavy (non-hydrogen) atoms. The van der Waals surface area contributed by atoms with Crippen molar-refractivity contribution in [2.45, 2.75) is 20.8 Å². The van der Waals surface area contributed by atoms with Crippen LogP contribution in [0, 0.1) is 20.8 Å². The molecule has 0 radical (unpaired) electrons. The number of hydrogen-bond donors (Lipinski definition) is 1. The second-order valence-electron chi connectivity index (χ2n) is 6.14. The molecule has 0 saturated heterocycles. The summed E-state index contributed by atoms with van der Waals surface area (Å²) >= 11 is 5.97. The van der Waals surface area contributed by atoms with Gasteiger partial charge >= 0.3 is 5.97 Å². The Morgan fingerprint density at radius 1 is 1.12 bits per heavy atom. The normalized spacial score (nSPS) is 10.8. The van der Waals surface area contributed by atoms with Crippen LogP contribution in [0.5, 0.6) is 0 Å². The molecule has 0 unspecified atom stereocenters. The lowest BCUT2D eigenvalue weighted by Crippen LogP contribution is -2.21. The topological polar surface area (TPSA) is 68.5 Å². The molecule has 0 saturated carbocycles. The van der Waals surface area contributed by atoms with Crippen molar-refractivity contribution in [1.82, 2.24) is 0 Å². The Labute approximate surface area is 155 Å². The van der Waals surface area contributed by atoms with Crippen molar-refractivity contribution in [3.05, 3.63) is 63.9 Å². The van der Waals surface area contributed by atoms with E-state index in [1.54, 1.807) is 25.1 Å². The number of esters is 1. The average Bonchev–Trinajstić information content (AvgIpc) is 2.92. The first-order chi connectivity index (χ1) is 12.3. The van der Waals surface area contributed by atoms with Crippen molar-refractivity contribution < 1.29 is 18.7 Å². The van der Waals surface area contributed by atoms with E-state index in [2.05, 4.69) is 5.32 Å². The van der Waals surface area contributed by atoms with Crippen LogP contribution in [0.2, 0.25) is 5.02 Å². The van der Waals surface area contributed by atoms with Gasteiger partial charge in [-0.25, -0.2) is 4.79 Å². The number of aryl methyl sites for hydroxylation is 3. The van der Waals surface area contributed by atoms with Crippen LogP contribution in [0.3, 0.4) is 0 Å². The van der Waals surface area contributed by atoms with Gasteiger partial charge in [0.15, 0.2) is 6.61 Å². The fourth-order valence-corrected chi connectivity index (χ4v) is 2.90. The van der Waals surface area contributed by atoms with E-state index in [0.29, 0.717) is 21.9 Å². The Balaban J connectivity index is 1.67. The van der Waals surface area contributed by atoms with Crippen LogP contribution in [0.4, 0.5) is 5.69 Å². The molecule has 0 spiro atoms. The van der Waals surface area contributed by atoms with Crippen molar-refractivity contribution in [2.75, 3.05) is 11.9 Å². The molecule has 0 fully saturated rings. The Bertz CT molecular complexity index is 1010. The molecule has 5 nitrogen and oxygen atoms in total. The minimum Gasteiger partial charge on any atom is -0.450 e. The molecule has 2 aromatic carbocycles. The number of fused-ring (bicyclic) bond motifs is 1. The zero-order valence-electron chi connectivity index (χ0n) is 14.7. The number of hydrogen-bond acceptors (Lipinski definition) is 4. The van der Waals surface area contributed by atoms with E-state index < -0.39 is 18.5 Å². The quantitative estimate of drug-likeness (QED) is 0.668. The minimum atomic E-state index is -0.689. The second kappa shape index (κ2) is 7.22. The Kier molecular flexibility index (Phi) is 5.00. The number of halogens is 1. The number of amides is 1. The van der Waals surface area contributed by atoms with Gasteiger partial charge in [-0.1, -0.05) is 29.3 Å². The summed E-state index contributed by atoms with van der Waals surface area (Å²) in [7, 11) is 0. The van der Waals surface area contributed by atoms with Crippen molar-refractivity contribution in [3.63, 3.8) is 0 Å². The zero-order chi connectivity index (χ0) is 18.8. The summed E-state index contributed by atoms with van der Waals surface area (Å²) in [4.78, 5) is 24.3. The standard InChI is InChI=1S/C20H18ClNO4/c1-11-4-6-16(12(2)8-11)22-18(23)10-25-20(24)19-13(3)15-9-14(21)5-7-17(15)26-19/h4-9H,10H2,1-3H3,(H,22,23).